The van der Waals surface area contributed by atoms with Gasteiger partial charge in [-0.3, -0.25) is 0 Å². The molecule has 0 radical (unpaired) electrons. The predicted octanol–water partition coefficient (Wildman–Crippen LogP) is 5.05. The van der Waals surface area contributed by atoms with Crippen LogP contribution < -0.4 is 0 Å². The number of rotatable bonds is 3. The van der Waals surface area contributed by atoms with E-state index in [4.69, 9.17) is 11.6 Å². The summed E-state index contributed by atoms with van der Waals surface area (Å²) >= 11 is 6.61. The molecule has 1 heterocycles. The zero-order chi connectivity index (χ0) is 13.9. The average molecular weight is 304 g/mol. The first-order valence-electron chi connectivity index (χ1n) is 5.36. The van der Waals surface area contributed by atoms with E-state index in [1.54, 1.807) is 0 Å². The molecule has 19 heavy (non-hydrogen) atoms. The van der Waals surface area contributed by atoms with E-state index < -0.39 is 11.7 Å². The number of nitrogens with zero attached hydrogens (tertiary/aromatic N) is 1. The molecule has 0 atom stereocenters. The number of hydrogen-bond acceptors (Lipinski definition) is 2. The number of halogens is 4. The molecule has 0 aliphatic rings. The summed E-state index contributed by atoms with van der Waals surface area (Å²) < 4.78 is 38.5. The Morgan fingerprint density at radius 1 is 1.16 bits per heavy atom. The van der Waals surface area contributed by atoms with Crippen LogP contribution in [0, 0.1) is 0 Å². The second-order valence-corrected chi connectivity index (χ2v) is 5.18. The molecule has 1 aromatic heterocycles. The largest absolute Gasteiger partial charge is 0.419 e. The smallest absolute Gasteiger partial charge is 0.248 e. The fraction of sp³-hybridized carbons (Fsp3) is 0.154. The van der Waals surface area contributed by atoms with Gasteiger partial charge in [-0.05, 0) is 11.6 Å². The van der Waals surface area contributed by atoms with E-state index >= 15 is 0 Å². The van der Waals surface area contributed by atoms with Gasteiger partial charge < -0.3 is 0 Å². The number of benzene rings is 1. The zero-order valence-corrected chi connectivity index (χ0v) is 11.2. The quantitative estimate of drug-likeness (QED) is 0.736. The second kappa shape index (κ2) is 5.84. The average Bonchev–Trinajstić information content (AvgIpc) is 2.37. The van der Waals surface area contributed by atoms with Gasteiger partial charge in [-0.25, -0.2) is 4.98 Å². The molecule has 0 spiro atoms. The van der Waals surface area contributed by atoms with Gasteiger partial charge in [-0.1, -0.05) is 41.9 Å². The predicted molar refractivity (Wildman–Crippen MR) is 70.3 cm³/mol. The molecule has 1 nitrogen and oxygen atoms in total. The van der Waals surface area contributed by atoms with Crippen molar-refractivity contribution in [3.63, 3.8) is 0 Å². The maximum Gasteiger partial charge on any atom is 0.419 e. The Morgan fingerprint density at radius 3 is 2.47 bits per heavy atom. The molecule has 0 unspecified atom stereocenters. The number of hydrogen-bond donors (Lipinski definition) is 0. The molecule has 0 saturated carbocycles. The maximum atomic E-state index is 12.8. The molecule has 0 aliphatic carbocycles. The van der Waals surface area contributed by atoms with Crippen molar-refractivity contribution in [3.8, 4) is 0 Å². The standard InChI is InChI=1S/C13H9ClF3NS/c14-10-6-11(13(15,16)17)12(18-7-10)19-8-9-4-2-1-3-5-9/h1-7H,8H2. The van der Waals surface area contributed by atoms with Crippen molar-refractivity contribution in [1.82, 2.24) is 4.98 Å². The maximum absolute atomic E-state index is 12.8. The fourth-order valence-corrected chi connectivity index (χ4v) is 2.58. The monoisotopic (exact) mass is 303 g/mol. The molecule has 6 heteroatoms. The molecular formula is C13H9ClF3NS. The lowest BCUT2D eigenvalue weighted by molar-refractivity contribution is -0.140. The van der Waals surface area contributed by atoms with Crippen molar-refractivity contribution in [2.75, 3.05) is 0 Å². The minimum Gasteiger partial charge on any atom is -0.248 e. The van der Waals surface area contributed by atoms with E-state index in [0.717, 1.165) is 23.4 Å². The van der Waals surface area contributed by atoms with Crippen molar-refractivity contribution in [2.45, 2.75) is 17.0 Å². The van der Waals surface area contributed by atoms with E-state index in [0.29, 0.717) is 5.75 Å². The summed E-state index contributed by atoms with van der Waals surface area (Å²) in [4.78, 5) is 3.77. The third-order valence-corrected chi connectivity index (χ3v) is 3.62. The normalized spacial score (nSPS) is 11.6. The first-order valence-corrected chi connectivity index (χ1v) is 6.72. The summed E-state index contributed by atoms with van der Waals surface area (Å²) in [7, 11) is 0. The van der Waals surface area contributed by atoms with Crippen LogP contribution in [0.4, 0.5) is 13.2 Å². The highest BCUT2D eigenvalue weighted by molar-refractivity contribution is 7.98. The highest BCUT2D eigenvalue weighted by Gasteiger charge is 2.34. The van der Waals surface area contributed by atoms with Crippen molar-refractivity contribution in [2.24, 2.45) is 0 Å². The van der Waals surface area contributed by atoms with E-state index in [1.165, 1.54) is 6.20 Å². The van der Waals surface area contributed by atoms with Gasteiger partial charge in [0.1, 0.15) is 5.03 Å². The highest BCUT2D eigenvalue weighted by atomic mass is 35.5. The molecule has 100 valence electrons. The third-order valence-electron chi connectivity index (χ3n) is 2.34. The molecule has 2 aromatic rings. The number of alkyl halides is 3. The summed E-state index contributed by atoms with van der Waals surface area (Å²) in [6, 6.07) is 10.2. The molecular weight excluding hydrogens is 295 g/mol. The van der Waals surface area contributed by atoms with Gasteiger partial charge in [0.2, 0.25) is 0 Å². The summed E-state index contributed by atoms with van der Waals surface area (Å²) in [6.45, 7) is 0. The van der Waals surface area contributed by atoms with Crippen LogP contribution in [-0.4, -0.2) is 4.98 Å². The van der Waals surface area contributed by atoms with Crippen LogP contribution in [0.5, 0.6) is 0 Å². The Balaban J connectivity index is 2.21. The Hall–Kier alpha value is -1.20. The number of thioether (sulfide) groups is 1. The van der Waals surface area contributed by atoms with E-state index in [-0.39, 0.29) is 10.0 Å². The topological polar surface area (TPSA) is 12.9 Å². The Bertz CT molecular complexity index is 558. The van der Waals surface area contributed by atoms with Gasteiger partial charge in [0.15, 0.2) is 0 Å². The van der Waals surface area contributed by atoms with Crippen molar-refractivity contribution >= 4 is 23.4 Å². The molecule has 1 aromatic carbocycles. The highest BCUT2D eigenvalue weighted by Crippen LogP contribution is 2.37. The SMILES string of the molecule is FC(F)(F)c1cc(Cl)cnc1SCc1ccccc1. The van der Waals surface area contributed by atoms with Gasteiger partial charge in [0, 0.05) is 11.9 Å². The molecule has 0 N–H and O–H groups in total. The van der Waals surface area contributed by atoms with Gasteiger partial charge in [0.25, 0.3) is 0 Å². The van der Waals surface area contributed by atoms with Crippen LogP contribution in [0.1, 0.15) is 11.1 Å². The Labute approximate surface area is 117 Å². The third kappa shape index (κ3) is 3.88. The molecule has 0 bridgehead atoms. The summed E-state index contributed by atoms with van der Waals surface area (Å²) in [5, 5.41) is -0.0721. The van der Waals surface area contributed by atoms with Crippen molar-refractivity contribution in [1.29, 1.82) is 0 Å². The zero-order valence-electron chi connectivity index (χ0n) is 9.62. The van der Waals surface area contributed by atoms with Crippen LogP contribution in [-0.2, 0) is 11.9 Å². The molecule has 0 amide bonds. The molecule has 0 fully saturated rings. The van der Waals surface area contributed by atoms with Gasteiger partial charge in [0.05, 0.1) is 10.6 Å². The van der Waals surface area contributed by atoms with Crippen LogP contribution in [0.15, 0.2) is 47.6 Å². The van der Waals surface area contributed by atoms with Crippen LogP contribution in [0.2, 0.25) is 5.02 Å². The lowest BCUT2D eigenvalue weighted by Gasteiger charge is -2.11. The fourth-order valence-electron chi connectivity index (χ4n) is 1.47. The molecule has 2 rings (SSSR count). The second-order valence-electron chi connectivity index (χ2n) is 3.78. The summed E-state index contributed by atoms with van der Waals surface area (Å²) in [5.41, 5.74) is 0.151. The molecule has 0 saturated heterocycles. The van der Waals surface area contributed by atoms with Gasteiger partial charge >= 0.3 is 6.18 Å². The lowest BCUT2D eigenvalue weighted by atomic mass is 10.2. The van der Waals surface area contributed by atoms with Crippen LogP contribution >= 0.6 is 23.4 Å². The van der Waals surface area contributed by atoms with Gasteiger partial charge in [-0.15, -0.1) is 11.8 Å². The first kappa shape index (κ1) is 14.2. The summed E-state index contributed by atoms with van der Waals surface area (Å²) in [5.74, 6) is 0.429. The van der Waals surface area contributed by atoms with Crippen molar-refractivity contribution < 1.29 is 13.2 Å². The van der Waals surface area contributed by atoms with Crippen LogP contribution in [0.3, 0.4) is 0 Å². The van der Waals surface area contributed by atoms with Gasteiger partial charge in [-0.2, -0.15) is 13.2 Å². The Morgan fingerprint density at radius 2 is 1.84 bits per heavy atom. The number of pyridine rings is 1. The van der Waals surface area contributed by atoms with E-state index in [1.807, 2.05) is 30.3 Å². The van der Waals surface area contributed by atoms with E-state index in [2.05, 4.69) is 4.98 Å². The Kier molecular flexibility index (Phi) is 4.37. The minimum atomic E-state index is -4.45. The lowest BCUT2D eigenvalue weighted by Crippen LogP contribution is -2.08. The van der Waals surface area contributed by atoms with Crippen LogP contribution in [0.25, 0.3) is 0 Å². The number of aromatic nitrogens is 1. The van der Waals surface area contributed by atoms with E-state index in [9.17, 15) is 13.2 Å². The summed E-state index contributed by atoms with van der Waals surface area (Å²) in [6.07, 6.45) is -3.22. The minimum absolute atomic E-state index is 0.0172. The molecule has 0 aliphatic heterocycles. The first-order chi connectivity index (χ1) is 8.97. The van der Waals surface area contributed by atoms with Crippen molar-refractivity contribution in [3.05, 3.63) is 58.7 Å².